The molecule has 0 spiro atoms. The molecule has 0 unspecified atom stereocenters. The first-order valence-corrected chi connectivity index (χ1v) is 9.43. The summed E-state index contributed by atoms with van der Waals surface area (Å²) in [6.45, 7) is 10.3. The lowest BCUT2D eigenvalue weighted by atomic mass is 10.3. The first kappa shape index (κ1) is 18.9. The molecular formula is C15H28N4O2S. The molecule has 1 N–H and O–H groups in total. The summed E-state index contributed by atoms with van der Waals surface area (Å²) in [6, 6.07) is 1.78. The third-order valence-electron chi connectivity index (χ3n) is 3.42. The highest BCUT2D eigenvalue weighted by Gasteiger charge is 2.17. The monoisotopic (exact) mass is 328 g/mol. The summed E-state index contributed by atoms with van der Waals surface area (Å²) in [6.07, 6.45) is 3.22. The van der Waals surface area contributed by atoms with E-state index in [-0.39, 0.29) is 5.75 Å². The van der Waals surface area contributed by atoms with Gasteiger partial charge in [0.25, 0.3) is 0 Å². The topological polar surface area (TPSA) is 65.5 Å². The number of hydrogen-bond acceptors (Lipinski definition) is 5. The summed E-state index contributed by atoms with van der Waals surface area (Å²) in [5.74, 6) is 0.116. The van der Waals surface area contributed by atoms with Gasteiger partial charge in [0.05, 0.1) is 17.6 Å². The lowest BCUT2D eigenvalue weighted by Gasteiger charge is -2.32. The molecule has 1 aliphatic rings. The molecule has 1 saturated heterocycles. The highest BCUT2D eigenvalue weighted by molar-refractivity contribution is 7.92. The summed E-state index contributed by atoms with van der Waals surface area (Å²) < 4.78 is 26.7. The van der Waals surface area contributed by atoms with Crippen LogP contribution in [0.25, 0.3) is 0 Å². The fourth-order valence-electron chi connectivity index (χ4n) is 2.16. The Morgan fingerprint density at radius 2 is 1.82 bits per heavy atom. The molecule has 0 atom stereocenters. The molecule has 1 aromatic rings. The van der Waals surface area contributed by atoms with Crippen LogP contribution in [0.2, 0.25) is 0 Å². The molecule has 1 fully saturated rings. The van der Waals surface area contributed by atoms with Crippen molar-refractivity contribution >= 4 is 15.7 Å². The number of pyridine rings is 1. The van der Waals surface area contributed by atoms with Gasteiger partial charge in [-0.25, -0.2) is 8.42 Å². The van der Waals surface area contributed by atoms with Crippen molar-refractivity contribution in [2.45, 2.75) is 20.8 Å². The van der Waals surface area contributed by atoms with E-state index in [1.54, 1.807) is 12.3 Å². The van der Waals surface area contributed by atoms with Gasteiger partial charge in [-0.05, 0) is 25.6 Å². The second-order valence-electron chi connectivity index (χ2n) is 5.32. The standard InChI is InChI=1S/C13H22N4O2S.C2H6/c1-12-9-13(11-14-10-12)15-20(18,19)8-7-17-5-3-16(2)4-6-17;1-2/h9-11,15H,3-8H2,1-2H3;1-2H3. The molecular weight excluding hydrogens is 300 g/mol. The Morgan fingerprint density at radius 1 is 1.18 bits per heavy atom. The summed E-state index contributed by atoms with van der Waals surface area (Å²) in [5.41, 5.74) is 1.47. The van der Waals surface area contributed by atoms with Crippen LogP contribution in [-0.2, 0) is 10.0 Å². The van der Waals surface area contributed by atoms with Gasteiger partial charge in [-0.2, -0.15) is 0 Å². The van der Waals surface area contributed by atoms with Crippen molar-refractivity contribution in [2.75, 3.05) is 50.2 Å². The van der Waals surface area contributed by atoms with Gasteiger partial charge in [0, 0.05) is 38.9 Å². The third kappa shape index (κ3) is 6.72. The van der Waals surface area contributed by atoms with Crippen LogP contribution in [0.15, 0.2) is 18.5 Å². The molecule has 7 heteroatoms. The average molecular weight is 328 g/mol. The number of likely N-dealkylation sites (N-methyl/N-ethyl adjacent to an activating group) is 1. The second-order valence-corrected chi connectivity index (χ2v) is 7.16. The van der Waals surface area contributed by atoms with Gasteiger partial charge < -0.3 is 4.90 Å². The average Bonchev–Trinajstić information content (AvgIpc) is 2.48. The third-order valence-corrected chi connectivity index (χ3v) is 4.69. The van der Waals surface area contributed by atoms with Crippen LogP contribution in [-0.4, -0.2) is 68.7 Å². The Kier molecular flexibility index (Phi) is 7.78. The molecule has 6 nitrogen and oxygen atoms in total. The van der Waals surface area contributed by atoms with Crippen molar-refractivity contribution in [3.05, 3.63) is 24.0 Å². The smallest absolute Gasteiger partial charge is 0.234 e. The molecule has 0 amide bonds. The lowest BCUT2D eigenvalue weighted by molar-refractivity contribution is 0.161. The van der Waals surface area contributed by atoms with Crippen LogP contribution < -0.4 is 4.72 Å². The predicted octanol–water partition coefficient (Wildman–Crippen LogP) is 1.41. The Bertz CT molecular complexity index is 540. The highest BCUT2D eigenvalue weighted by atomic mass is 32.2. The van der Waals surface area contributed by atoms with Gasteiger partial charge in [-0.15, -0.1) is 0 Å². The number of aromatic nitrogens is 1. The summed E-state index contributed by atoms with van der Waals surface area (Å²) in [5, 5.41) is 0. The lowest BCUT2D eigenvalue weighted by Crippen LogP contribution is -2.46. The Labute approximate surface area is 134 Å². The second kappa shape index (κ2) is 9.07. The maximum Gasteiger partial charge on any atom is 0.234 e. The largest absolute Gasteiger partial charge is 0.304 e. The van der Waals surface area contributed by atoms with Crippen LogP contribution in [0.4, 0.5) is 5.69 Å². The zero-order valence-electron chi connectivity index (χ0n) is 14.0. The van der Waals surface area contributed by atoms with Crippen molar-refractivity contribution in [1.82, 2.24) is 14.8 Å². The van der Waals surface area contributed by atoms with E-state index in [9.17, 15) is 8.42 Å². The predicted molar refractivity (Wildman–Crippen MR) is 91.7 cm³/mol. The van der Waals surface area contributed by atoms with Crippen molar-refractivity contribution in [2.24, 2.45) is 0 Å². The Hall–Kier alpha value is -1.18. The number of hydrogen-bond donors (Lipinski definition) is 1. The zero-order valence-corrected chi connectivity index (χ0v) is 14.9. The molecule has 0 aliphatic carbocycles. The molecule has 2 rings (SSSR count). The molecule has 0 aromatic carbocycles. The summed E-state index contributed by atoms with van der Waals surface area (Å²) >= 11 is 0. The number of anilines is 1. The molecule has 126 valence electrons. The van der Waals surface area contributed by atoms with Crippen LogP contribution in [0, 0.1) is 6.92 Å². The van der Waals surface area contributed by atoms with Gasteiger partial charge in [-0.3, -0.25) is 14.6 Å². The van der Waals surface area contributed by atoms with E-state index >= 15 is 0 Å². The number of nitrogens with zero attached hydrogens (tertiary/aromatic N) is 3. The van der Waals surface area contributed by atoms with Crippen molar-refractivity contribution in [3.8, 4) is 0 Å². The molecule has 0 radical (unpaired) electrons. The number of sulfonamides is 1. The van der Waals surface area contributed by atoms with Gasteiger partial charge >= 0.3 is 0 Å². The molecule has 22 heavy (non-hydrogen) atoms. The first-order valence-electron chi connectivity index (χ1n) is 7.78. The van der Waals surface area contributed by atoms with Gasteiger partial charge in [0.1, 0.15) is 0 Å². The van der Waals surface area contributed by atoms with Crippen molar-refractivity contribution in [3.63, 3.8) is 0 Å². The summed E-state index contributed by atoms with van der Waals surface area (Å²) in [4.78, 5) is 8.42. The Morgan fingerprint density at radius 3 is 2.41 bits per heavy atom. The van der Waals surface area contributed by atoms with E-state index in [0.29, 0.717) is 12.2 Å². The molecule has 1 aliphatic heterocycles. The van der Waals surface area contributed by atoms with Crippen LogP contribution >= 0.6 is 0 Å². The fraction of sp³-hybridized carbons (Fsp3) is 0.667. The zero-order chi connectivity index (χ0) is 16.6. The SMILES string of the molecule is CC.Cc1cncc(NS(=O)(=O)CCN2CCN(C)CC2)c1. The van der Waals surface area contributed by atoms with E-state index in [1.165, 1.54) is 6.20 Å². The quantitative estimate of drug-likeness (QED) is 0.885. The van der Waals surface area contributed by atoms with Crippen LogP contribution in [0.5, 0.6) is 0 Å². The van der Waals surface area contributed by atoms with Gasteiger partial charge in [-0.1, -0.05) is 13.8 Å². The minimum atomic E-state index is -3.31. The van der Waals surface area contributed by atoms with E-state index < -0.39 is 10.0 Å². The number of rotatable bonds is 5. The van der Waals surface area contributed by atoms with E-state index in [1.807, 2.05) is 20.8 Å². The number of aryl methyl sites for hydroxylation is 1. The van der Waals surface area contributed by atoms with Crippen LogP contribution in [0.1, 0.15) is 19.4 Å². The highest BCUT2D eigenvalue weighted by Crippen LogP contribution is 2.10. The summed E-state index contributed by atoms with van der Waals surface area (Å²) in [7, 11) is -1.23. The maximum atomic E-state index is 12.0. The fourth-order valence-corrected chi connectivity index (χ4v) is 3.23. The number of nitrogens with one attached hydrogen (secondary N) is 1. The minimum absolute atomic E-state index is 0.116. The molecule has 2 heterocycles. The minimum Gasteiger partial charge on any atom is -0.304 e. The van der Waals surface area contributed by atoms with E-state index in [0.717, 1.165) is 31.7 Å². The first-order chi connectivity index (χ1) is 10.4. The van der Waals surface area contributed by atoms with E-state index in [4.69, 9.17) is 0 Å². The van der Waals surface area contributed by atoms with Crippen molar-refractivity contribution < 1.29 is 8.42 Å². The number of piperazine rings is 1. The maximum absolute atomic E-state index is 12.0. The van der Waals surface area contributed by atoms with Gasteiger partial charge in [0.2, 0.25) is 10.0 Å². The van der Waals surface area contributed by atoms with Gasteiger partial charge in [0.15, 0.2) is 0 Å². The van der Waals surface area contributed by atoms with Crippen molar-refractivity contribution in [1.29, 1.82) is 0 Å². The molecule has 1 aromatic heterocycles. The molecule has 0 saturated carbocycles. The normalized spacial score (nSPS) is 16.7. The molecule has 0 bridgehead atoms. The Balaban J connectivity index is 0.00000116. The van der Waals surface area contributed by atoms with Crippen LogP contribution in [0.3, 0.4) is 0 Å². The van der Waals surface area contributed by atoms with E-state index in [2.05, 4.69) is 26.6 Å².